The van der Waals surface area contributed by atoms with Crippen LogP contribution in [0.15, 0.2) is 47.6 Å². The van der Waals surface area contributed by atoms with E-state index in [2.05, 4.69) is 27.5 Å². The van der Waals surface area contributed by atoms with Crippen molar-refractivity contribution in [3.63, 3.8) is 0 Å². The second-order valence-electron chi connectivity index (χ2n) is 6.00. The lowest BCUT2D eigenvalue weighted by Crippen LogP contribution is -2.38. The molecule has 1 heterocycles. The van der Waals surface area contributed by atoms with Crippen molar-refractivity contribution in [2.75, 3.05) is 33.4 Å². The first-order valence-electron chi connectivity index (χ1n) is 9.62. The Morgan fingerprint density at radius 1 is 1.04 bits per heavy atom. The van der Waals surface area contributed by atoms with E-state index in [9.17, 15) is 0 Å². The van der Waals surface area contributed by atoms with Gasteiger partial charge in [-0.15, -0.1) is 0 Å². The number of aliphatic imine (C=N–C) groups is 1. The third kappa shape index (κ3) is 7.44. The first kappa shape index (κ1) is 21.5. The standard InChI is InChI=1S/C21H30N4O3/c1-4-14-27-18-8-10-19(11-9-18)28-20-17(7-6-12-23-20)16-25-21(22-5-2)24-13-15-26-3/h6-12H,4-5,13-16H2,1-3H3,(H2,22,24,25). The maximum Gasteiger partial charge on any atom is 0.224 e. The van der Waals surface area contributed by atoms with E-state index in [-0.39, 0.29) is 0 Å². The van der Waals surface area contributed by atoms with E-state index in [1.54, 1.807) is 13.3 Å². The molecule has 0 saturated heterocycles. The first-order chi connectivity index (χ1) is 13.8. The Hall–Kier alpha value is -2.80. The van der Waals surface area contributed by atoms with E-state index >= 15 is 0 Å². The Labute approximate surface area is 167 Å². The van der Waals surface area contributed by atoms with Crippen molar-refractivity contribution in [1.82, 2.24) is 15.6 Å². The Balaban J connectivity index is 2.04. The van der Waals surface area contributed by atoms with Crippen molar-refractivity contribution in [1.29, 1.82) is 0 Å². The molecule has 0 aliphatic rings. The predicted molar refractivity (Wildman–Crippen MR) is 111 cm³/mol. The van der Waals surface area contributed by atoms with Crippen LogP contribution in [-0.4, -0.2) is 44.4 Å². The van der Waals surface area contributed by atoms with Crippen LogP contribution in [0.4, 0.5) is 0 Å². The summed E-state index contributed by atoms with van der Waals surface area (Å²) in [6.07, 6.45) is 2.69. The lowest BCUT2D eigenvalue weighted by Gasteiger charge is -2.12. The molecule has 0 saturated carbocycles. The number of guanidine groups is 1. The number of pyridine rings is 1. The van der Waals surface area contributed by atoms with Crippen LogP contribution in [0.5, 0.6) is 17.4 Å². The maximum absolute atomic E-state index is 5.96. The Morgan fingerprint density at radius 2 is 1.82 bits per heavy atom. The summed E-state index contributed by atoms with van der Waals surface area (Å²) in [5.74, 6) is 2.81. The zero-order valence-electron chi connectivity index (χ0n) is 16.9. The van der Waals surface area contributed by atoms with Crippen LogP contribution in [0.1, 0.15) is 25.8 Å². The number of rotatable bonds is 11. The molecule has 0 spiro atoms. The molecule has 0 fully saturated rings. The van der Waals surface area contributed by atoms with Crippen LogP contribution in [0.25, 0.3) is 0 Å². The highest BCUT2D eigenvalue weighted by atomic mass is 16.5. The average molecular weight is 386 g/mol. The van der Waals surface area contributed by atoms with Crippen molar-refractivity contribution in [3.8, 4) is 17.4 Å². The summed E-state index contributed by atoms with van der Waals surface area (Å²) >= 11 is 0. The maximum atomic E-state index is 5.96. The molecule has 152 valence electrons. The highest BCUT2D eigenvalue weighted by molar-refractivity contribution is 5.79. The monoisotopic (exact) mass is 386 g/mol. The second kappa shape index (κ2) is 12.6. The summed E-state index contributed by atoms with van der Waals surface area (Å²) in [4.78, 5) is 8.97. The minimum atomic E-state index is 0.448. The summed E-state index contributed by atoms with van der Waals surface area (Å²) < 4.78 is 16.6. The van der Waals surface area contributed by atoms with Crippen LogP contribution in [0.2, 0.25) is 0 Å². The Morgan fingerprint density at radius 3 is 2.54 bits per heavy atom. The molecular formula is C21H30N4O3. The van der Waals surface area contributed by atoms with E-state index < -0.39 is 0 Å². The number of aromatic nitrogens is 1. The number of benzene rings is 1. The van der Waals surface area contributed by atoms with E-state index in [0.717, 1.165) is 30.2 Å². The third-order valence-corrected chi connectivity index (χ3v) is 3.71. The van der Waals surface area contributed by atoms with E-state index in [0.29, 0.717) is 37.9 Å². The minimum Gasteiger partial charge on any atom is -0.494 e. The van der Waals surface area contributed by atoms with E-state index in [1.807, 2.05) is 43.3 Å². The minimum absolute atomic E-state index is 0.448. The van der Waals surface area contributed by atoms with Gasteiger partial charge in [-0.3, -0.25) is 0 Å². The van der Waals surface area contributed by atoms with Crippen molar-refractivity contribution in [2.24, 2.45) is 4.99 Å². The third-order valence-electron chi connectivity index (χ3n) is 3.71. The molecule has 1 aromatic heterocycles. The number of nitrogens with zero attached hydrogens (tertiary/aromatic N) is 2. The highest BCUT2D eigenvalue weighted by Crippen LogP contribution is 2.25. The molecule has 0 aliphatic heterocycles. The Bertz CT molecular complexity index is 720. The molecule has 0 aliphatic carbocycles. The molecule has 0 radical (unpaired) electrons. The number of ether oxygens (including phenoxy) is 3. The zero-order chi connectivity index (χ0) is 20.0. The van der Waals surface area contributed by atoms with Gasteiger partial charge in [0.1, 0.15) is 11.5 Å². The topological polar surface area (TPSA) is 77.0 Å². The molecule has 2 rings (SSSR count). The number of methoxy groups -OCH3 is 1. The summed E-state index contributed by atoms with van der Waals surface area (Å²) in [6, 6.07) is 11.4. The van der Waals surface area contributed by atoms with Gasteiger partial charge < -0.3 is 24.8 Å². The van der Waals surface area contributed by atoms with Gasteiger partial charge in [0.2, 0.25) is 5.88 Å². The molecular weight excluding hydrogens is 356 g/mol. The average Bonchev–Trinajstić information content (AvgIpc) is 2.72. The molecule has 1 aromatic carbocycles. The van der Waals surface area contributed by atoms with Crippen molar-refractivity contribution >= 4 is 5.96 Å². The van der Waals surface area contributed by atoms with Gasteiger partial charge in [-0.05, 0) is 43.7 Å². The van der Waals surface area contributed by atoms with Gasteiger partial charge in [0, 0.05) is 32.0 Å². The molecule has 7 nitrogen and oxygen atoms in total. The lowest BCUT2D eigenvalue weighted by molar-refractivity contribution is 0.203. The van der Waals surface area contributed by atoms with Crippen molar-refractivity contribution < 1.29 is 14.2 Å². The van der Waals surface area contributed by atoms with Gasteiger partial charge in [-0.2, -0.15) is 0 Å². The normalized spacial score (nSPS) is 11.2. The molecule has 28 heavy (non-hydrogen) atoms. The summed E-state index contributed by atoms with van der Waals surface area (Å²) in [5.41, 5.74) is 0.901. The van der Waals surface area contributed by atoms with Crippen LogP contribution in [-0.2, 0) is 11.3 Å². The smallest absolute Gasteiger partial charge is 0.224 e. The quantitative estimate of drug-likeness (QED) is 0.350. The summed E-state index contributed by atoms with van der Waals surface area (Å²) in [6.45, 7) is 7.34. The molecule has 0 amide bonds. The molecule has 7 heteroatoms. The second-order valence-corrected chi connectivity index (χ2v) is 6.00. The number of hydrogen-bond acceptors (Lipinski definition) is 5. The fraction of sp³-hybridized carbons (Fsp3) is 0.429. The largest absolute Gasteiger partial charge is 0.494 e. The molecule has 2 N–H and O–H groups in total. The lowest BCUT2D eigenvalue weighted by atomic mass is 10.2. The number of nitrogens with one attached hydrogen (secondary N) is 2. The molecule has 0 unspecified atom stereocenters. The van der Waals surface area contributed by atoms with Gasteiger partial charge in [0.05, 0.1) is 19.8 Å². The van der Waals surface area contributed by atoms with Crippen molar-refractivity contribution in [2.45, 2.75) is 26.8 Å². The predicted octanol–water partition coefficient (Wildman–Crippen LogP) is 3.36. The van der Waals surface area contributed by atoms with E-state index in [4.69, 9.17) is 14.2 Å². The Kier molecular flexibility index (Phi) is 9.65. The van der Waals surface area contributed by atoms with Crippen LogP contribution in [0.3, 0.4) is 0 Å². The summed E-state index contributed by atoms with van der Waals surface area (Å²) in [7, 11) is 1.67. The van der Waals surface area contributed by atoms with E-state index in [1.165, 1.54) is 0 Å². The fourth-order valence-electron chi connectivity index (χ4n) is 2.35. The van der Waals surface area contributed by atoms with Gasteiger partial charge in [0.15, 0.2) is 5.96 Å². The van der Waals surface area contributed by atoms with Gasteiger partial charge in [0.25, 0.3) is 0 Å². The molecule has 0 atom stereocenters. The van der Waals surface area contributed by atoms with Gasteiger partial charge in [-0.25, -0.2) is 9.98 Å². The van der Waals surface area contributed by atoms with Gasteiger partial charge >= 0.3 is 0 Å². The zero-order valence-corrected chi connectivity index (χ0v) is 16.9. The van der Waals surface area contributed by atoms with Crippen molar-refractivity contribution in [3.05, 3.63) is 48.2 Å². The van der Waals surface area contributed by atoms with Crippen LogP contribution >= 0.6 is 0 Å². The van der Waals surface area contributed by atoms with Gasteiger partial charge in [-0.1, -0.05) is 13.0 Å². The van der Waals surface area contributed by atoms with Crippen LogP contribution < -0.4 is 20.1 Å². The molecule has 0 bridgehead atoms. The number of hydrogen-bond donors (Lipinski definition) is 2. The fourth-order valence-corrected chi connectivity index (χ4v) is 2.35. The molecule has 2 aromatic rings. The summed E-state index contributed by atoms with van der Waals surface area (Å²) in [5, 5.41) is 6.43. The highest BCUT2D eigenvalue weighted by Gasteiger charge is 2.07. The first-order valence-corrected chi connectivity index (χ1v) is 9.62. The SMILES string of the molecule is CCCOc1ccc(Oc2ncccc2CN=C(NCC)NCCOC)cc1. The van der Waals surface area contributed by atoms with Crippen LogP contribution in [0, 0.1) is 0 Å².